The molecule has 0 saturated heterocycles. The highest BCUT2D eigenvalue weighted by Gasteiger charge is 2.43. The molecule has 1 aromatic carbocycles. The lowest BCUT2D eigenvalue weighted by Crippen LogP contribution is -2.24. The molecule has 1 saturated carbocycles. The summed E-state index contributed by atoms with van der Waals surface area (Å²) in [5.74, 6) is -4.30. The van der Waals surface area contributed by atoms with Gasteiger partial charge in [0.25, 0.3) is 0 Å². The van der Waals surface area contributed by atoms with Crippen LogP contribution < -0.4 is 10.2 Å². The van der Waals surface area contributed by atoms with Crippen LogP contribution in [0.15, 0.2) is 16.9 Å². The molecule has 0 bridgehead atoms. The number of methoxy groups -OCH3 is 1. The van der Waals surface area contributed by atoms with Crippen molar-refractivity contribution >= 4 is 16.9 Å². The Labute approximate surface area is 121 Å². The largest absolute Gasteiger partial charge is 0.495 e. The van der Waals surface area contributed by atoms with Gasteiger partial charge in [0.2, 0.25) is 11.4 Å². The molecule has 1 aliphatic rings. The third kappa shape index (κ3) is 1.87. The van der Waals surface area contributed by atoms with Crippen molar-refractivity contribution in [2.45, 2.75) is 18.6 Å². The summed E-state index contributed by atoms with van der Waals surface area (Å²) >= 11 is 0. The predicted molar refractivity (Wildman–Crippen MR) is 70.2 cm³/mol. The summed E-state index contributed by atoms with van der Waals surface area (Å²) < 4.78 is 47.6. The topological polar surface area (TPSA) is 68.5 Å². The number of benzene rings is 1. The maximum Gasteiger partial charge on any atom is 0.344 e. The van der Waals surface area contributed by atoms with E-state index in [-0.39, 0.29) is 17.7 Å². The number of nitrogens with zero attached hydrogens (tertiary/aromatic N) is 1. The smallest absolute Gasteiger partial charge is 0.344 e. The zero-order valence-electron chi connectivity index (χ0n) is 11.3. The zero-order chi connectivity index (χ0) is 16.2. The van der Waals surface area contributed by atoms with Crippen LogP contribution in [0.5, 0.6) is 5.75 Å². The van der Waals surface area contributed by atoms with Crippen molar-refractivity contribution in [2.24, 2.45) is 0 Å². The number of carboxylic acids is 1. The van der Waals surface area contributed by atoms with E-state index in [9.17, 15) is 22.8 Å². The average Bonchev–Trinajstić information content (AvgIpc) is 3.15. The first-order chi connectivity index (χ1) is 10.4. The van der Waals surface area contributed by atoms with E-state index in [2.05, 4.69) is 0 Å². The van der Waals surface area contributed by atoms with Crippen LogP contribution in [-0.4, -0.2) is 28.9 Å². The number of ether oxygens (including phenoxy) is 1. The molecule has 22 heavy (non-hydrogen) atoms. The lowest BCUT2D eigenvalue weighted by Gasteiger charge is -2.16. The van der Waals surface area contributed by atoms with E-state index in [4.69, 9.17) is 9.84 Å². The lowest BCUT2D eigenvalue weighted by atomic mass is 10.1. The fraction of sp³-hybridized carbons (Fsp3) is 0.286. The quantitative estimate of drug-likeness (QED) is 0.883. The lowest BCUT2D eigenvalue weighted by molar-refractivity contribution is 0.0688. The maximum atomic E-state index is 14.5. The number of carboxylic acid groups (broad SMARTS) is 1. The molecule has 0 radical (unpaired) electrons. The van der Waals surface area contributed by atoms with Crippen LogP contribution >= 0.6 is 0 Å². The number of pyridine rings is 1. The number of hydrogen-bond donors (Lipinski definition) is 1. The Hall–Kier alpha value is -2.51. The molecule has 1 aromatic heterocycles. The van der Waals surface area contributed by atoms with E-state index in [0.717, 1.165) is 6.07 Å². The van der Waals surface area contributed by atoms with Gasteiger partial charge in [0.15, 0.2) is 5.56 Å². The number of hydrogen-bond acceptors (Lipinski definition) is 3. The molecule has 0 amide bonds. The summed E-state index contributed by atoms with van der Waals surface area (Å²) in [6, 6.07) is 1.09. The number of aromatic carboxylic acids is 1. The zero-order valence-corrected chi connectivity index (χ0v) is 11.3. The van der Waals surface area contributed by atoms with Crippen molar-refractivity contribution in [3.8, 4) is 5.75 Å². The molecule has 8 heteroatoms. The van der Waals surface area contributed by atoms with Gasteiger partial charge < -0.3 is 14.4 Å². The molecule has 0 aliphatic heterocycles. The molecule has 1 fully saturated rings. The van der Waals surface area contributed by atoms with Gasteiger partial charge in [-0.2, -0.15) is 4.39 Å². The summed E-state index contributed by atoms with van der Waals surface area (Å²) in [7, 11) is 1.23. The molecule has 1 N–H and O–H groups in total. The van der Waals surface area contributed by atoms with Crippen molar-refractivity contribution < 1.29 is 27.8 Å². The normalized spacial score (nSPS) is 20.2. The Morgan fingerprint density at radius 3 is 2.55 bits per heavy atom. The Balaban J connectivity index is 2.56. The average molecular weight is 313 g/mol. The van der Waals surface area contributed by atoms with Crippen molar-refractivity contribution in [1.82, 2.24) is 4.57 Å². The number of carbonyl (C=O) groups is 1. The second-order valence-electron chi connectivity index (χ2n) is 4.96. The predicted octanol–water partition coefficient (Wildman–Crippen LogP) is 2.27. The van der Waals surface area contributed by atoms with E-state index in [0.29, 0.717) is 4.57 Å². The van der Waals surface area contributed by atoms with Gasteiger partial charge in [-0.1, -0.05) is 0 Å². The van der Waals surface area contributed by atoms with Crippen LogP contribution in [0.25, 0.3) is 10.9 Å². The molecular formula is C14H10F3NO4. The second kappa shape index (κ2) is 4.75. The Kier molecular flexibility index (Phi) is 3.12. The molecule has 0 spiro atoms. The molecule has 2 aromatic rings. The molecular weight excluding hydrogens is 303 g/mol. The monoisotopic (exact) mass is 313 g/mol. The van der Waals surface area contributed by atoms with Gasteiger partial charge in [-0.25, -0.2) is 13.6 Å². The van der Waals surface area contributed by atoms with E-state index in [1.807, 2.05) is 0 Å². The van der Waals surface area contributed by atoms with Crippen molar-refractivity contribution in [3.05, 3.63) is 39.7 Å². The van der Waals surface area contributed by atoms with Gasteiger partial charge in [0, 0.05) is 6.42 Å². The minimum atomic E-state index is -1.84. The van der Waals surface area contributed by atoms with Gasteiger partial charge in [-0.05, 0) is 12.1 Å². The Bertz CT molecular complexity index is 862. The highest BCUT2D eigenvalue weighted by molar-refractivity contribution is 5.95. The molecule has 5 nitrogen and oxygen atoms in total. The molecule has 116 valence electrons. The standard InChI is InChI=1S/C14H10F3NO4/c1-22-8-3-2-5(15)9-11(8)18(7-4-6(7)16)13(17)10(12(9)19)14(20)21/h2-3,6-7H,4H2,1H3,(H,20,21)/t6-,7+/m0/s1. The van der Waals surface area contributed by atoms with Crippen LogP contribution in [-0.2, 0) is 0 Å². The van der Waals surface area contributed by atoms with Gasteiger partial charge in [-0.3, -0.25) is 4.79 Å². The molecule has 1 aliphatic carbocycles. The van der Waals surface area contributed by atoms with Crippen LogP contribution in [0, 0.1) is 11.8 Å². The summed E-state index contributed by atoms with van der Waals surface area (Å²) in [6.07, 6.45) is -1.44. The minimum absolute atomic E-state index is 0.0385. The number of alkyl halides is 1. The minimum Gasteiger partial charge on any atom is -0.495 e. The first kappa shape index (κ1) is 14.4. The van der Waals surface area contributed by atoms with E-state index in [1.165, 1.54) is 13.2 Å². The Morgan fingerprint density at radius 1 is 1.41 bits per heavy atom. The van der Waals surface area contributed by atoms with E-state index < -0.39 is 46.3 Å². The molecule has 0 unspecified atom stereocenters. The molecule has 3 rings (SSSR count). The van der Waals surface area contributed by atoms with Gasteiger partial charge in [0.1, 0.15) is 23.3 Å². The van der Waals surface area contributed by atoms with Crippen molar-refractivity contribution in [2.75, 3.05) is 7.11 Å². The van der Waals surface area contributed by atoms with Crippen LogP contribution in [0.2, 0.25) is 0 Å². The van der Waals surface area contributed by atoms with Crippen molar-refractivity contribution in [1.29, 1.82) is 0 Å². The summed E-state index contributed by atoms with van der Waals surface area (Å²) in [4.78, 5) is 23.3. The van der Waals surface area contributed by atoms with Crippen LogP contribution in [0.3, 0.4) is 0 Å². The first-order valence-corrected chi connectivity index (χ1v) is 6.36. The third-order valence-electron chi connectivity index (χ3n) is 3.65. The van der Waals surface area contributed by atoms with Crippen LogP contribution in [0.1, 0.15) is 22.8 Å². The first-order valence-electron chi connectivity index (χ1n) is 6.36. The summed E-state index contributed by atoms with van der Waals surface area (Å²) in [5.41, 5.74) is -2.79. The van der Waals surface area contributed by atoms with Gasteiger partial charge in [0.05, 0.1) is 18.5 Å². The fourth-order valence-corrected chi connectivity index (χ4v) is 2.52. The number of halogens is 3. The molecule has 1 heterocycles. The Morgan fingerprint density at radius 2 is 2.05 bits per heavy atom. The van der Waals surface area contributed by atoms with Gasteiger partial charge >= 0.3 is 5.97 Å². The van der Waals surface area contributed by atoms with Gasteiger partial charge in [-0.15, -0.1) is 0 Å². The van der Waals surface area contributed by atoms with E-state index >= 15 is 0 Å². The fourth-order valence-electron chi connectivity index (χ4n) is 2.52. The van der Waals surface area contributed by atoms with E-state index in [1.54, 1.807) is 0 Å². The number of aromatic nitrogens is 1. The third-order valence-corrected chi connectivity index (χ3v) is 3.65. The van der Waals surface area contributed by atoms with Crippen molar-refractivity contribution in [3.63, 3.8) is 0 Å². The maximum absolute atomic E-state index is 14.5. The second-order valence-corrected chi connectivity index (χ2v) is 4.96. The number of fused-ring (bicyclic) bond motifs is 1. The molecule has 2 atom stereocenters. The highest BCUT2D eigenvalue weighted by Crippen LogP contribution is 2.43. The summed E-state index contributed by atoms with van der Waals surface area (Å²) in [6.45, 7) is 0. The SMILES string of the molecule is COc1ccc(F)c2c(=O)c(C(=O)O)c(F)n([C@@H]3C[C@@H]3F)c12. The number of rotatable bonds is 3. The van der Waals surface area contributed by atoms with Crippen LogP contribution in [0.4, 0.5) is 13.2 Å². The summed E-state index contributed by atoms with van der Waals surface area (Å²) in [5, 5.41) is 8.39. The highest BCUT2D eigenvalue weighted by atomic mass is 19.1.